The minimum absolute atomic E-state index is 0.0121. The van der Waals surface area contributed by atoms with Crippen molar-refractivity contribution < 1.29 is 9.13 Å². The second kappa shape index (κ2) is 3.38. The van der Waals surface area contributed by atoms with Gasteiger partial charge in [0.25, 0.3) is 5.56 Å². The molecule has 1 unspecified atom stereocenters. The van der Waals surface area contributed by atoms with E-state index in [1.165, 1.54) is 12.3 Å². The minimum atomic E-state index is -1.27. The van der Waals surface area contributed by atoms with Gasteiger partial charge in [-0.25, -0.2) is 9.18 Å². The lowest BCUT2D eigenvalue weighted by molar-refractivity contribution is 0.0937. The molecular weight excluding hydrogens is 203 g/mol. The second-order valence-corrected chi connectivity index (χ2v) is 3.26. The molecule has 0 spiro atoms. The average molecular weight is 212 g/mol. The minimum Gasteiger partial charge on any atom is -0.472 e. The van der Waals surface area contributed by atoms with Crippen LogP contribution in [0, 0.1) is 0 Å². The average Bonchev–Trinajstić information content (AvgIpc) is 2.46. The molecule has 2 rings (SSSR count). The Bertz CT molecular complexity index is 505. The number of hydrogen-bond donors (Lipinski definition) is 1. The molecule has 0 aliphatic carbocycles. The van der Waals surface area contributed by atoms with Gasteiger partial charge in [0.2, 0.25) is 0 Å². The van der Waals surface area contributed by atoms with Gasteiger partial charge < -0.3 is 4.74 Å². The van der Waals surface area contributed by atoms with Crippen LogP contribution in [-0.2, 0) is 4.74 Å². The van der Waals surface area contributed by atoms with Crippen LogP contribution in [0.25, 0.3) is 0 Å². The molecular formula is C9H9FN2O3. The van der Waals surface area contributed by atoms with Crippen molar-refractivity contribution in [2.24, 2.45) is 0 Å². The standard InChI is InChI=1S/C9H9FN2O3/c1-5-6(10)4-8(15-5)12-3-2-7(13)11-9(12)14/h2-3,6,8H,1,4H2,(H,11,13,14)/t6?,8-/m0/s1. The number of H-pyrrole nitrogens is 1. The van der Waals surface area contributed by atoms with Gasteiger partial charge in [0.1, 0.15) is 5.76 Å². The molecule has 5 nitrogen and oxygen atoms in total. The number of halogens is 1. The molecule has 2 atom stereocenters. The summed E-state index contributed by atoms with van der Waals surface area (Å²) in [5.74, 6) is 0.0121. The van der Waals surface area contributed by atoms with Gasteiger partial charge in [0.15, 0.2) is 12.4 Å². The predicted octanol–water partition coefficient (Wildman–Crippen LogP) is 0.307. The van der Waals surface area contributed by atoms with E-state index in [4.69, 9.17) is 4.74 Å². The first-order chi connectivity index (χ1) is 7.08. The molecule has 1 aliphatic rings. The number of nitrogens with zero attached hydrogens (tertiary/aromatic N) is 1. The van der Waals surface area contributed by atoms with Gasteiger partial charge in [0, 0.05) is 18.7 Å². The zero-order chi connectivity index (χ0) is 11.0. The van der Waals surface area contributed by atoms with Crippen molar-refractivity contribution >= 4 is 0 Å². The quantitative estimate of drug-likeness (QED) is 0.728. The number of nitrogens with one attached hydrogen (secondary N) is 1. The number of aromatic amines is 1. The fourth-order valence-corrected chi connectivity index (χ4v) is 1.43. The third kappa shape index (κ3) is 1.70. The van der Waals surface area contributed by atoms with Crippen molar-refractivity contribution in [2.75, 3.05) is 0 Å². The number of aromatic nitrogens is 2. The van der Waals surface area contributed by atoms with Crippen molar-refractivity contribution in [1.82, 2.24) is 9.55 Å². The number of hydrogen-bond acceptors (Lipinski definition) is 3. The van der Waals surface area contributed by atoms with Gasteiger partial charge in [-0.05, 0) is 0 Å². The van der Waals surface area contributed by atoms with Crippen LogP contribution in [0.5, 0.6) is 0 Å². The topological polar surface area (TPSA) is 64.1 Å². The molecule has 1 saturated heterocycles. The van der Waals surface area contributed by atoms with Crippen LogP contribution in [0.4, 0.5) is 4.39 Å². The molecule has 1 aromatic heterocycles. The first-order valence-corrected chi connectivity index (χ1v) is 4.39. The summed E-state index contributed by atoms with van der Waals surface area (Å²) in [4.78, 5) is 24.2. The third-order valence-corrected chi connectivity index (χ3v) is 2.21. The van der Waals surface area contributed by atoms with Crippen molar-refractivity contribution in [3.05, 3.63) is 45.4 Å². The van der Waals surface area contributed by atoms with E-state index < -0.39 is 23.6 Å². The maximum Gasteiger partial charge on any atom is 0.331 e. The molecule has 1 aliphatic heterocycles. The molecule has 2 heterocycles. The molecule has 0 aromatic carbocycles. The zero-order valence-electron chi connectivity index (χ0n) is 7.77. The highest BCUT2D eigenvalue weighted by Crippen LogP contribution is 2.30. The summed E-state index contributed by atoms with van der Waals surface area (Å²) >= 11 is 0. The molecule has 1 fully saturated rings. The number of rotatable bonds is 1. The van der Waals surface area contributed by atoms with Crippen LogP contribution < -0.4 is 11.2 Å². The van der Waals surface area contributed by atoms with Crippen molar-refractivity contribution in [1.29, 1.82) is 0 Å². The summed E-state index contributed by atoms with van der Waals surface area (Å²) in [5, 5.41) is 0. The summed E-state index contributed by atoms with van der Waals surface area (Å²) in [7, 11) is 0. The monoisotopic (exact) mass is 212 g/mol. The van der Waals surface area contributed by atoms with E-state index in [2.05, 4.69) is 11.6 Å². The Kier molecular flexibility index (Phi) is 2.18. The van der Waals surface area contributed by atoms with Crippen LogP contribution in [0.2, 0.25) is 0 Å². The molecule has 0 amide bonds. The van der Waals surface area contributed by atoms with Gasteiger partial charge in [-0.15, -0.1) is 0 Å². The van der Waals surface area contributed by atoms with Gasteiger partial charge in [-0.2, -0.15) is 0 Å². The molecule has 15 heavy (non-hydrogen) atoms. The van der Waals surface area contributed by atoms with Crippen molar-refractivity contribution in [3.8, 4) is 0 Å². The van der Waals surface area contributed by atoms with Crippen LogP contribution in [0.3, 0.4) is 0 Å². The first kappa shape index (κ1) is 9.70. The highest BCUT2D eigenvalue weighted by Gasteiger charge is 2.31. The maximum atomic E-state index is 13.1. The van der Waals surface area contributed by atoms with E-state index in [1.807, 2.05) is 0 Å². The van der Waals surface area contributed by atoms with E-state index in [9.17, 15) is 14.0 Å². The molecule has 80 valence electrons. The van der Waals surface area contributed by atoms with Crippen molar-refractivity contribution in [3.63, 3.8) is 0 Å². The third-order valence-electron chi connectivity index (χ3n) is 2.21. The lowest BCUT2D eigenvalue weighted by Gasteiger charge is -2.11. The highest BCUT2D eigenvalue weighted by atomic mass is 19.1. The van der Waals surface area contributed by atoms with Crippen LogP contribution in [-0.4, -0.2) is 15.7 Å². The molecule has 0 saturated carbocycles. The Morgan fingerprint density at radius 3 is 2.87 bits per heavy atom. The molecule has 1 N–H and O–H groups in total. The summed E-state index contributed by atoms with van der Waals surface area (Å²) < 4.78 is 19.2. The second-order valence-electron chi connectivity index (χ2n) is 3.26. The predicted molar refractivity (Wildman–Crippen MR) is 50.1 cm³/mol. The number of alkyl halides is 1. The Labute approximate surface area is 83.8 Å². The Hall–Kier alpha value is -1.85. The highest BCUT2D eigenvalue weighted by molar-refractivity contribution is 5.00. The maximum absolute atomic E-state index is 13.1. The van der Waals surface area contributed by atoms with Crippen LogP contribution >= 0.6 is 0 Å². The normalized spacial score (nSPS) is 25.3. The van der Waals surface area contributed by atoms with E-state index in [0.29, 0.717) is 0 Å². The van der Waals surface area contributed by atoms with Crippen molar-refractivity contribution in [2.45, 2.75) is 18.8 Å². The number of allylic oxidation sites excluding steroid dienone is 1. The smallest absolute Gasteiger partial charge is 0.331 e. The van der Waals surface area contributed by atoms with Gasteiger partial charge in [-0.3, -0.25) is 14.3 Å². The fraction of sp³-hybridized carbons (Fsp3) is 0.333. The fourth-order valence-electron chi connectivity index (χ4n) is 1.43. The summed E-state index contributed by atoms with van der Waals surface area (Å²) in [6, 6.07) is 1.18. The van der Waals surface area contributed by atoms with E-state index >= 15 is 0 Å². The van der Waals surface area contributed by atoms with Crippen LogP contribution in [0.1, 0.15) is 12.6 Å². The molecule has 0 radical (unpaired) electrons. The largest absolute Gasteiger partial charge is 0.472 e. The Morgan fingerprint density at radius 2 is 2.33 bits per heavy atom. The van der Waals surface area contributed by atoms with E-state index in [-0.39, 0.29) is 12.2 Å². The SMILES string of the molecule is C=C1O[C@H](n2ccc(=O)[nH]c2=O)CC1F. The lowest BCUT2D eigenvalue weighted by atomic mass is 10.3. The Morgan fingerprint density at radius 1 is 1.60 bits per heavy atom. The Balaban J connectivity index is 2.36. The molecule has 0 bridgehead atoms. The summed E-state index contributed by atoms with van der Waals surface area (Å²) in [5.41, 5.74) is -1.11. The summed E-state index contributed by atoms with van der Waals surface area (Å²) in [6.07, 6.45) is -0.687. The zero-order valence-corrected chi connectivity index (χ0v) is 7.77. The molecule has 1 aromatic rings. The van der Waals surface area contributed by atoms with Gasteiger partial charge in [0.05, 0.1) is 0 Å². The number of ether oxygens (including phenoxy) is 1. The summed E-state index contributed by atoms with van der Waals surface area (Å²) in [6.45, 7) is 3.37. The van der Waals surface area contributed by atoms with Gasteiger partial charge in [-0.1, -0.05) is 6.58 Å². The van der Waals surface area contributed by atoms with Gasteiger partial charge >= 0.3 is 5.69 Å². The van der Waals surface area contributed by atoms with E-state index in [1.54, 1.807) is 0 Å². The first-order valence-electron chi connectivity index (χ1n) is 4.39. The van der Waals surface area contributed by atoms with Crippen LogP contribution in [0.15, 0.2) is 34.2 Å². The van der Waals surface area contributed by atoms with E-state index in [0.717, 1.165) is 4.57 Å². The lowest BCUT2D eigenvalue weighted by Crippen LogP contribution is -2.31. The molecule has 6 heteroatoms.